The van der Waals surface area contributed by atoms with Crippen LogP contribution >= 0.6 is 0 Å². The van der Waals surface area contributed by atoms with Crippen LogP contribution < -0.4 is 0 Å². The molecule has 406 valence electrons. The number of hydrogen-bond donors (Lipinski definition) is 0. The van der Waals surface area contributed by atoms with Gasteiger partial charge in [0.25, 0.3) is 0 Å². The molecule has 0 bridgehead atoms. The van der Waals surface area contributed by atoms with Crippen molar-refractivity contribution in [3.8, 4) is 126 Å². The zero-order chi connectivity index (χ0) is 59.2. The zero-order valence-electron chi connectivity index (χ0n) is 46.9. The fraction of sp³-hybridized carbons (Fsp3) is 0. The number of fused-ring (bicyclic) bond motifs is 6. The van der Waals surface area contributed by atoms with Crippen molar-refractivity contribution in [3.63, 3.8) is 0 Å². The fourth-order valence-corrected chi connectivity index (χ4v) is 12.1. The summed E-state index contributed by atoms with van der Waals surface area (Å²) in [4.78, 5) is 20.7. The zero-order valence-corrected chi connectivity index (χ0v) is 46.9. The summed E-state index contributed by atoms with van der Waals surface area (Å²) < 4.78 is 4.58. The van der Waals surface area contributed by atoms with E-state index in [2.05, 4.69) is 130 Å². The first-order valence-corrected chi connectivity index (χ1v) is 28.6. The fourth-order valence-electron chi connectivity index (χ4n) is 12.1. The number of hydrogen-bond acceptors (Lipinski definition) is 8. The maximum Gasteiger partial charge on any atom is 0.164 e. The minimum Gasteiger partial charge on any atom is -0.309 e. The van der Waals surface area contributed by atoms with E-state index in [1.165, 1.54) is 0 Å². The maximum atomic E-state index is 9.96. The maximum absolute atomic E-state index is 9.96. The molecule has 0 spiro atoms. The van der Waals surface area contributed by atoms with Gasteiger partial charge in [0.1, 0.15) is 0 Å². The molecule has 0 radical (unpaired) electrons. The van der Waals surface area contributed by atoms with Crippen molar-refractivity contribution in [3.05, 3.63) is 289 Å². The molecule has 10 nitrogen and oxygen atoms in total. The summed E-state index contributed by atoms with van der Waals surface area (Å²) in [6.07, 6.45) is 1.86. The van der Waals surface area contributed by atoms with Crippen LogP contribution in [-0.4, -0.2) is 29.1 Å². The van der Waals surface area contributed by atoms with E-state index in [1.54, 1.807) is 0 Å². The van der Waals surface area contributed by atoms with E-state index in [1.807, 2.05) is 170 Å². The summed E-state index contributed by atoms with van der Waals surface area (Å²) in [7, 11) is 0. The molecule has 0 aliphatic carbocycles. The van der Waals surface area contributed by atoms with Crippen molar-refractivity contribution in [1.29, 1.82) is 21.0 Å². The first-order valence-electron chi connectivity index (χ1n) is 28.6. The van der Waals surface area contributed by atoms with Gasteiger partial charge in [-0.05, 0) is 172 Å². The second-order valence-corrected chi connectivity index (χ2v) is 21.5. The van der Waals surface area contributed by atoms with E-state index in [-0.39, 0.29) is 0 Å². The molecule has 0 saturated heterocycles. The third-order valence-electron chi connectivity index (χ3n) is 16.3. The number of nitrogens with zero attached hydrogens (tertiary/aromatic N) is 10. The van der Waals surface area contributed by atoms with Crippen molar-refractivity contribution >= 4 is 43.6 Å². The van der Waals surface area contributed by atoms with Gasteiger partial charge in [0, 0.05) is 55.7 Å². The van der Waals surface area contributed by atoms with Gasteiger partial charge < -0.3 is 9.13 Å². The summed E-state index contributed by atoms with van der Waals surface area (Å²) in [5, 5.41) is 43.7. The van der Waals surface area contributed by atoms with Crippen LogP contribution in [0.4, 0.5) is 0 Å². The normalized spacial score (nSPS) is 11.1. The van der Waals surface area contributed by atoms with Crippen LogP contribution in [0.3, 0.4) is 0 Å². The molecular formula is C78H44N10. The molecule has 11 aromatic carbocycles. The van der Waals surface area contributed by atoms with E-state index in [0.29, 0.717) is 45.4 Å². The summed E-state index contributed by atoms with van der Waals surface area (Å²) in [5.74, 6) is 1.57. The van der Waals surface area contributed by atoms with Gasteiger partial charge >= 0.3 is 0 Å². The third-order valence-corrected chi connectivity index (χ3v) is 16.3. The topological polar surface area (TPSA) is 157 Å². The summed E-state index contributed by atoms with van der Waals surface area (Å²) in [6.45, 7) is 0. The number of nitriles is 4. The predicted molar refractivity (Wildman–Crippen MR) is 349 cm³/mol. The molecule has 0 fully saturated rings. The smallest absolute Gasteiger partial charge is 0.164 e. The molecule has 10 heteroatoms. The van der Waals surface area contributed by atoms with Crippen molar-refractivity contribution < 1.29 is 0 Å². The van der Waals surface area contributed by atoms with Gasteiger partial charge in [0.15, 0.2) is 17.5 Å². The Morgan fingerprint density at radius 2 is 0.614 bits per heavy atom. The van der Waals surface area contributed by atoms with Gasteiger partial charge in [-0.15, -0.1) is 0 Å². The van der Waals surface area contributed by atoms with Crippen molar-refractivity contribution in [2.75, 3.05) is 0 Å². The van der Waals surface area contributed by atoms with Crippen LogP contribution in [0.15, 0.2) is 267 Å². The second-order valence-electron chi connectivity index (χ2n) is 21.5. The minimum absolute atomic E-state index is 0.488. The number of rotatable bonds is 10. The number of pyridine rings is 1. The van der Waals surface area contributed by atoms with Gasteiger partial charge in [0.05, 0.1) is 80.0 Å². The molecule has 0 saturated carbocycles. The molecule has 0 unspecified atom stereocenters. The predicted octanol–water partition coefficient (Wildman–Crippen LogP) is 18.3. The van der Waals surface area contributed by atoms with Gasteiger partial charge in [-0.25, -0.2) is 15.0 Å². The number of benzene rings is 11. The highest BCUT2D eigenvalue weighted by Gasteiger charge is 2.23. The highest BCUT2D eigenvalue weighted by Crippen LogP contribution is 2.43. The molecule has 15 rings (SSSR count). The van der Waals surface area contributed by atoms with E-state index in [0.717, 1.165) is 122 Å². The largest absolute Gasteiger partial charge is 0.309 e. The lowest BCUT2D eigenvalue weighted by atomic mass is 9.99. The summed E-state index contributed by atoms with van der Waals surface area (Å²) >= 11 is 0. The Labute approximate surface area is 505 Å². The summed E-state index contributed by atoms with van der Waals surface area (Å²) in [6, 6.07) is 96.2. The molecule has 0 aliphatic heterocycles. The molecule has 0 atom stereocenters. The molecule has 88 heavy (non-hydrogen) atoms. The quantitative estimate of drug-likeness (QED) is 0.131. The van der Waals surface area contributed by atoms with Crippen molar-refractivity contribution in [2.45, 2.75) is 0 Å². The lowest BCUT2D eigenvalue weighted by Gasteiger charge is -2.17. The Balaban J connectivity index is 0.983. The standard InChI is InChI=1S/C78H44N10/c79-45-49-11-7-19-55(35-49)59-23-28-71-65(39-59)66-40-60(56-20-8-12-50(36-56)46-80)24-29-72(66)87(71)64-33-34-83-70(44-64)69-43-63(78-85-76(53-15-3-1-4-16-53)84-77(86-78)54-17-5-2-6-18-54)27-32-75(69)88-73-30-25-61(57-21-9-13-51(37-57)47-81)41-67(73)68-42-62(26-31-74(68)88)58-22-10-14-52(38-58)48-82/h1-44H. The van der Waals surface area contributed by atoms with Crippen LogP contribution in [0.1, 0.15) is 22.3 Å². The van der Waals surface area contributed by atoms with E-state index in [9.17, 15) is 21.0 Å². The van der Waals surface area contributed by atoms with E-state index < -0.39 is 0 Å². The first-order chi connectivity index (χ1) is 43.4. The second kappa shape index (κ2) is 21.7. The Hall–Kier alpha value is -12.9. The molecule has 4 heterocycles. The molecule has 15 aromatic rings. The average molecular weight is 1120 g/mol. The van der Waals surface area contributed by atoms with E-state index in [4.69, 9.17) is 19.9 Å². The Kier molecular flexibility index (Phi) is 12.8. The highest BCUT2D eigenvalue weighted by molar-refractivity contribution is 6.13. The molecular weight excluding hydrogens is 1080 g/mol. The Morgan fingerprint density at radius 1 is 0.273 bits per heavy atom. The van der Waals surface area contributed by atoms with Crippen molar-refractivity contribution in [1.82, 2.24) is 29.1 Å². The summed E-state index contributed by atoms with van der Waals surface area (Å²) in [5.41, 5.74) is 19.4. The van der Waals surface area contributed by atoms with Gasteiger partial charge in [-0.3, -0.25) is 4.98 Å². The average Bonchev–Trinajstić information content (AvgIpc) is 1.81. The van der Waals surface area contributed by atoms with Crippen LogP contribution in [0, 0.1) is 45.3 Å². The molecule has 0 aliphatic rings. The molecule has 4 aromatic heterocycles. The van der Waals surface area contributed by atoms with E-state index >= 15 is 0 Å². The minimum atomic E-state index is 0.488. The Morgan fingerprint density at radius 3 is 1.00 bits per heavy atom. The Bertz CT molecular complexity index is 5230. The number of aromatic nitrogens is 6. The van der Waals surface area contributed by atoms with Crippen LogP contribution in [0.5, 0.6) is 0 Å². The van der Waals surface area contributed by atoms with Crippen molar-refractivity contribution in [2.24, 2.45) is 0 Å². The lowest BCUT2D eigenvalue weighted by molar-refractivity contribution is 1.07. The highest BCUT2D eigenvalue weighted by atomic mass is 15.0. The first kappa shape index (κ1) is 52.0. The molecule has 0 amide bonds. The van der Waals surface area contributed by atoms with Gasteiger partial charge in [0.2, 0.25) is 0 Å². The molecule has 0 N–H and O–H groups in total. The lowest BCUT2D eigenvalue weighted by Crippen LogP contribution is -2.03. The third kappa shape index (κ3) is 9.32. The van der Waals surface area contributed by atoms with Crippen LogP contribution in [0.2, 0.25) is 0 Å². The van der Waals surface area contributed by atoms with Gasteiger partial charge in [-0.2, -0.15) is 21.0 Å². The van der Waals surface area contributed by atoms with Gasteiger partial charge in [-0.1, -0.05) is 133 Å². The SMILES string of the molecule is N#Cc1cccc(-c2ccc3c(c2)c2cc(-c4cccc(C#N)c4)ccc2n3-c2ccnc(-c3cc(-c4nc(-c5ccccc5)nc(-c5ccccc5)n4)ccc3-n3c4ccc(-c5cccc(C#N)c5)cc4c4cc(-c5cccc(C#N)c5)ccc43)c2)c1. The van der Waals surface area contributed by atoms with Crippen LogP contribution in [0.25, 0.3) is 145 Å². The monoisotopic (exact) mass is 1120 g/mol. The van der Waals surface area contributed by atoms with Crippen LogP contribution in [-0.2, 0) is 0 Å².